The molecule has 1 saturated heterocycles. The van der Waals surface area contributed by atoms with Crippen molar-refractivity contribution in [3.8, 4) is 6.07 Å². The highest BCUT2D eigenvalue weighted by molar-refractivity contribution is 5.98. The molecule has 0 atom stereocenters. The number of rotatable bonds is 5. The Balaban J connectivity index is 1.39. The lowest BCUT2D eigenvalue weighted by molar-refractivity contribution is -0.137. The molecule has 1 saturated carbocycles. The minimum Gasteiger partial charge on any atom is -0.359 e. The average Bonchev–Trinajstić information content (AvgIpc) is 3.16. The molecule has 12 heteroatoms. The lowest BCUT2D eigenvalue weighted by Gasteiger charge is -2.46. The number of nitrogens with one attached hydrogen (secondary N) is 3. The number of hydrogen-bond donors (Lipinski definition) is 3. The van der Waals surface area contributed by atoms with E-state index in [0.29, 0.717) is 6.04 Å². The molecule has 9 nitrogen and oxygen atoms in total. The number of hydrogen-bond acceptors (Lipinski definition) is 6. The van der Waals surface area contributed by atoms with Gasteiger partial charge in [0.15, 0.2) is 5.82 Å². The van der Waals surface area contributed by atoms with Crippen LogP contribution in [-0.2, 0) is 11.0 Å². The second-order valence-electron chi connectivity index (χ2n) is 10.9. The maximum Gasteiger partial charge on any atom is 0.416 e. The number of aromatic nitrogens is 2. The summed E-state index contributed by atoms with van der Waals surface area (Å²) in [6.07, 6.45) is -0.785. The molecule has 2 aliphatic rings. The predicted octanol–water partition coefficient (Wildman–Crippen LogP) is 3.71. The van der Waals surface area contributed by atoms with Gasteiger partial charge in [-0.2, -0.15) is 23.1 Å². The van der Waals surface area contributed by atoms with E-state index >= 15 is 0 Å². The minimum absolute atomic E-state index is 0.00770. The number of nitrogens with zero attached hydrogens (tertiary/aromatic N) is 4. The fourth-order valence-corrected chi connectivity index (χ4v) is 4.87. The molecule has 2 amide bonds. The summed E-state index contributed by atoms with van der Waals surface area (Å²) >= 11 is 0. The first kappa shape index (κ1) is 26.7. The van der Waals surface area contributed by atoms with Crippen LogP contribution in [-0.4, -0.2) is 63.9 Å². The van der Waals surface area contributed by atoms with E-state index in [-0.39, 0.29) is 41.1 Å². The molecule has 37 heavy (non-hydrogen) atoms. The molecule has 2 heterocycles. The van der Waals surface area contributed by atoms with Gasteiger partial charge >= 0.3 is 12.2 Å². The van der Waals surface area contributed by atoms with Crippen molar-refractivity contribution in [2.24, 2.45) is 5.92 Å². The zero-order valence-corrected chi connectivity index (χ0v) is 21.2. The van der Waals surface area contributed by atoms with Crippen LogP contribution in [0.25, 0.3) is 10.9 Å². The summed E-state index contributed by atoms with van der Waals surface area (Å²) in [7, 11) is 0. The van der Waals surface area contributed by atoms with Crippen molar-refractivity contribution in [1.82, 2.24) is 25.3 Å². The Morgan fingerprint density at radius 1 is 1.14 bits per heavy atom. The van der Waals surface area contributed by atoms with Gasteiger partial charge in [-0.15, -0.1) is 5.10 Å². The van der Waals surface area contributed by atoms with Crippen molar-refractivity contribution in [2.45, 2.75) is 70.3 Å². The van der Waals surface area contributed by atoms with Gasteiger partial charge in [0.25, 0.3) is 0 Å². The SMILES string of the molecule is CC(C)(C)NC(=O)n1nc(NCC(=O)NC2CN(C3CCC(C#N)CC3)C2)c2cc(C(F)(F)F)ccc21. The summed E-state index contributed by atoms with van der Waals surface area (Å²) in [6.45, 7) is 6.59. The Bertz CT molecular complexity index is 1200. The molecule has 0 radical (unpaired) electrons. The second kappa shape index (κ2) is 10.2. The third-order valence-electron chi connectivity index (χ3n) is 6.77. The standard InChI is InChI=1S/C25H32F3N7O2/c1-24(2,3)32-23(37)35-20-9-6-16(25(26,27)28)10-19(20)22(33-35)30-12-21(36)31-17-13-34(14-17)18-7-4-15(11-29)5-8-18/h6,9-10,15,17-18H,4-5,7-8,12-14H2,1-3H3,(H,30,33)(H,31,36)(H,32,37). The summed E-state index contributed by atoms with van der Waals surface area (Å²) in [5.41, 5.74) is -1.26. The average molecular weight is 520 g/mol. The van der Waals surface area contributed by atoms with Crippen molar-refractivity contribution in [3.05, 3.63) is 23.8 Å². The number of anilines is 1. The first-order valence-electron chi connectivity index (χ1n) is 12.4. The minimum atomic E-state index is -4.57. The van der Waals surface area contributed by atoms with Crippen LogP contribution in [0.3, 0.4) is 0 Å². The molecule has 0 bridgehead atoms. The molecule has 2 aromatic rings. The Morgan fingerprint density at radius 3 is 2.41 bits per heavy atom. The molecule has 4 rings (SSSR count). The number of fused-ring (bicyclic) bond motifs is 1. The first-order chi connectivity index (χ1) is 17.3. The van der Waals surface area contributed by atoms with Crippen LogP contribution in [0.15, 0.2) is 18.2 Å². The van der Waals surface area contributed by atoms with E-state index in [0.717, 1.165) is 55.6 Å². The lowest BCUT2D eigenvalue weighted by Crippen LogP contribution is -2.63. The molecule has 200 valence electrons. The van der Waals surface area contributed by atoms with E-state index in [4.69, 9.17) is 5.26 Å². The molecule has 0 spiro atoms. The largest absolute Gasteiger partial charge is 0.416 e. The number of halogens is 3. The molecule has 1 aliphatic heterocycles. The van der Waals surface area contributed by atoms with E-state index in [2.05, 4.69) is 32.0 Å². The Morgan fingerprint density at radius 2 is 1.81 bits per heavy atom. The molecule has 2 fully saturated rings. The maximum absolute atomic E-state index is 13.3. The quantitative estimate of drug-likeness (QED) is 0.555. The third kappa shape index (κ3) is 6.33. The third-order valence-corrected chi connectivity index (χ3v) is 6.77. The topological polar surface area (TPSA) is 115 Å². The first-order valence-corrected chi connectivity index (χ1v) is 12.4. The van der Waals surface area contributed by atoms with Crippen molar-refractivity contribution in [2.75, 3.05) is 25.0 Å². The second-order valence-corrected chi connectivity index (χ2v) is 10.9. The lowest BCUT2D eigenvalue weighted by atomic mass is 9.85. The highest BCUT2D eigenvalue weighted by Gasteiger charge is 2.35. The van der Waals surface area contributed by atoms with E-state index < -0.39 is 23.3 Å². The smallest absolute Gasteiger partial charge is 0.359 e. The van der Waals surface area contributed by atoms with Gasteiger partial charge in [0.05, 0.1) is 29.7 Å². The highest BCUT2D eigenvalue weighted by atomic mass is 19.4. The molecule has 1 aromatic carbocycles. The Kier molecular flexibility index (Phi) is 7.37. The van der Waals surface area contributed by atoms with Crippen LogP contribution >= 0.6 is 0 Å². The zero-order chi connectivity index (χ0) is 27.0. The Labute approximate surface area is 213 Å². The molecule has 3 N–H and O–H groups in total. The predicted molar refractivity (Wildman–Crippen MR) is 132 cm³/mol. The monoisotopic (exact) mass is 519 g/mol. The van der Waals surface area contributed by atoms with Crippen molar-refractivity contribution in [1.29, 1.82) is 5.26 Å². The number of carbonyl (C=O) groups excluding carboxylic acids is 2. The van der Waals surface area contributed by atoms with Gasteiger partial charge in [0, 0.05) is 36.0 Å². The maximum atomic E-state index is 13.3. The van der Waals surface area contributed by atoms with E-state index in [1.54, 1.807) is 20.8 Å². The number of likely N-dealkylation sites (tertiary alicyclic amines) is 1. The van der Waals surface area contributed by atoms with Crippen molar-refractivity contribution < 1.29 is 22.8 Å². The summed E-state index contributed by atoms with van der Waals surface area (Å²) in [4.78, 5) is 27.6. The normalized spacial score (nSPS) is 21.2. The number of nitriles is 1. The summed E-state index contributed by atoms with van der Waals surface area (Å²) in [5, 5.41) is 21.8. The number of carbonyl (C=O) groups is 2. The van der Waals surface area contributed by atoms with Gasteiger partial charge in [0.2, 0.25) is 5.91 Å². The van der Waals surface area contributed by atoms with Gasteiger partial charge in [-0.05, 0) is 64.7 Å². The van der Waals surface area contributed by atoms with E-state index in [1.807, 2.05) is 0 Å². The van der Waals surface area contributed by atoms with Crippen molar-refractivity contribution in [3.63, 3.8) is 0 Å². The fourth-order valence-electron chi connectivity index (χ4n) is 4.87. The zero-order valence-electron chi connectivity index (χ0n) is 21.2. The van der Waals surface area contributed by atoms with Gasteiger partial charge in [-0.1, -0.05) is 0 Å². The molecule has 0 unspecified atom stereocenters. The van der Waals surface area contributed by atoms with Gasteiger partial charge in [-0.3, -0.25) is 9.69 Å². The molecule has 1 aromatic heterocycles. The number of alkyl halides is 3. The van der Waals surface area contributed by atoms with E-state index in [1.165, 1.54) is 6.07 Å². The van der Waals surface area contributed by atoms with Crippen LogP contribution in [0.2, 0.25) is 0 Å². The summed E-state index contributed by atoms with van der Waals surface area (Å²) < 4.78 is 41.0. The fraction of sp³-hybridized carbons (Fsp3) is 0.600. The molecule has 1 aliphatic carbocycles. The van der Waals surface area contributed by atoms with Crippen LogP contribution in [0, 0.1) is 17.2 Å². The number of benzene rings is 1. The highest BCUT2D eigenvalue weighted by Crippen LogP contribution is 2.34. The van der Waals surface area contributed by atoms with Gasteiger partial charge in [-0.25, -0.2) is 4.79 Å². The number of amides is 2. The van der Waals surface area contributed by atoms with E-state index in [9.17, 15) is 22.8 Å². The summed E-state index contributed by atoms with van der Waals surface area (Å²) in [6, 6.07) is 5.20. The van der Waals surface area contributed by atoms with Gasteiger partial charge < -0.3 is 16.0 Å². The van der Waals surface area contributed by atoms with Gasteiger partial charge in [0.1, 0.15) is 0 Å². The van der Waals surface area contributed by atoms with Crippen LogP contribution in [0.5, 0.6) is 0 Å². The van der Waals surface area contributed by atoms with Crippen LogP contribution < -0.4 is 16.0 Å². The van der Waals surface area contributed by atoms with Crippen molar-refractivity contribution >= 4 is 28.7 Å². The molecular weight excluding hydrogens is 487 g/mol. The molecular formula is C25H32F3N7O2. The van der Waals surface area contributed by atoms with Crippen LogP contribution in [0.4, 0.5) is 23.8 Å². The Hall–Kier alpha value is -3.33. The van der Waals surface area contributed by atoms with Crippen LogP contribution in [0.1, 0.15) is 52.0 Å². The summed E-state index contributed by atoms with van der Waals surface area (Å²) in [5.74, 6) is -0.151.